The Morgan fingerprint density at radius 1 is 1.07 bits per heavy atom. The van der Waals surface area contributed by atoms with Gasteiger partial charge in [0.2, 0.25) is 10.0 Å². The van der Waals surface area contributed by atoms with E-state index in [1.807, 2.05) is 0 Å². The molecule has 7 heteroatoms. The van der Waals surface area contributed by atoms with Gasteiger partial charge in [0, 0.05) is 5.69 Å². The fraction of sp³-hybridized carbons (Fsp3) is 0.682. The van der Waals surface area contributed by atoms with E-state index in [1.54, 1.807) is 0 Å². The van der Waals surface area contributed by atoms with Crippen molar-refractivity contribution in [3.05, 3.63) is 28.3 Å². The average molecular weight is 420 g/mol. The summed E-state index contributed by atoms with van der Waals surface area (Å²) >= 11 is 0. The first kappa shape index (κ1) is 20.7. The monoisotopic (exact) mass is 419 g/mol. The third-order valence-corrected chi connectivity index (χ3v) is 8.07. The maximum atomic E-state index is 12.6. The number of carbonyl (C=O) groups is 1. The molecule has 1 saturated heterocycles. The molecule has 0 spiro atoms. The van der Waals surface area contributed by atoms with E-state index < -0.39 is 16.1 Å². The van der Waals surface area contributed by atoms with Crippen molar-refractivity contribution in [3.8, 4) is 0 Å². The number of benzene rings is 1. The highest BCUT2D eigenvalue weighted by Crippen LogP contribution is 2.38. The summed E-state index contributed by atoms with van der Waals surface area (Å²) in [4.78, 5) is 15.0. The van der Waals surface area contributed by atoms with Gasteiger partial charge in [0.1, 0.15) is 0 Å². The van der Waals surface area contributed by atoms with Gasteiger partial charge >= 0.3 is 6.03 Å². The number of anilines is 1. The number of nitrogens with zero attached hydrogens (tertiary/aromatic N) is 1. The highest BCUT2D eigenvalue weighted by atomic mass is 32.2. The minimum absolute atomic E-state index is 0.0331. The van der Waals surface area contributed by atoms with Gasteiger partial charge in [-0.2, -0.15) is 0 Å². The fourth-order valence-corrected chi connectivity index (χ4v) is 6.66. The Morgan fingerprint density at radius 2 is 1.69 bits per heavy atom. The van der Waals surface area contributed by atoms with Gasteiger partial charge in [0.15, 0.2) is 0 Å². The quantitative estimate of drug-likeness (QED) is 0.742. The van der Waals surface area contributed by atoms with Crippen LogP contribution < -0.4 is 10.0 Å². The minimum Gasteiger partial charge on any atom is -0.307 e. The molecule has 1 heterocycles. The van der Waals surface area contributed by atoms with Gasteiger partial charge in [-0.3, -0.25) is 0 Å². The number of hydrogen-bond donors (Lipinski definition) is 2. The normalized spacial score (nSPS) is 19.8. The molecule has 160 valence electrons. The van der Waals surface area contributed by atoms with Gasteiger partial charge in [-0.15, -0.1) is 0 Å². The number of nitrogens with one attached hydrogen (secondary N) is 2. The zero-order chi connectivity index (χ0) is 20.4. The van der Waals surface area contributed by atoms with Gasteiger partial charge in [-0.1, -0.05) is 13.0 Å². The summed E-state index contributed by atoms with van der Waals surface area (Å²) < 4.78 is 27.5. The molecule has 1 aromatic carbocycles. The third kappa shape index (κ3) is 4.77. The number of aryl methyl sites for hydroxylation is 2. The maximum absolute atomic E-state index is 12.6. The molecular formula is C22H33N3O3S. The van der Waals surface area contributed by atoms with Crippen LogP contribution in [0.3, 0.4) is 0 Å². The van der Waals surface area contributed by atoms with E-state index in [9.17, 15) is 13.2 Å². The van der Waals surface area contributed by atoms with Crippen molar-refractivity contribution in [2.24, 2.45) is 5.92 Å². The highest BCUT2D eigenvalue weighted by Gasteiger charge is 2.28. The highest BCUT2D eigenvalue weighted by molar-refractivity contribution is 7.90. The van der Waals surface area contributed by atoms with E-state index in [-0.39, 0.29) is 11.7 Å². The first-order valence-corrected chi connectivity index (χ1v) is 12.8. The Balaban J connectivity index is 1.38. The molecule has 2 amide bonds. The molecule has 1 aromatic rings. The number of rotatable bonds is 6. The van der Waals surface area contributed by atoms with Crippen LogP contribution in [0.5, 0.6) is 0 Å². The van der Waals surface area contributed by atoms with Crippen molar-refractivity contribution < 1.29 is 13.2 Å². The molecule has 6 nitrogen and oxygen atoms in total. The van der Waals surface area contributed by atoms with Crippen molar-refractivity contribution in [3.63, 3.8) is 0 Å². The molecule has 1 aliphatic heterocycles. The first-order chi connectivity index (χ1) is 13.9. The number of sulfonamides is 1. The summed E-state index contributed by atoms with van der Waals surface area (Å²) in [5.41, 5.74) is 5.95. The Kier molecular flexibility index (Phi) is 6.16. The van der Waals surface area contributed by atoms with Gasteiger partial charge < -0.3 is 10.2 Å². The van der Waals surface area contributed by atoms with Crippen LogP contribution in [0.4, 0.5) is 10.5 Å². The summed E-state index contributed by atoms with van der Waals surface area (Å²) in [7, 11) is -3.64. The summed E-state index contributed by atoms with van der Waals surface area (Å²) in [6.45, 7) is 5.13. The standard InChI is InChI=1S/C22H33N3O3S/c1-2-11-25-12-9-16(10-13-25)15-29(27,28)24-22(26)23-21-19-7-3-5-17(19)14-18-6-4-8-20(18)21/h14,16H,2-13,15H2,1H3,(H2,23,24,26). The minimum atomic E-state index is -3.64. The Bertz CT molecular complexity index is 842. The van der Waals surface area contributed by atoms with Gasteiger partial charge in [-0.05, 0) is 106 Å². The van der Waals surface area contributed by atoms with E-state index in [2.05, 4.69) is 27.9 Å². The Hall–Kier alpha value is -1.60. The van der Waals surface area contributed by atoms with Crippen LogP contribution in [0.2, 0.25) is 0 Å². The molecule has 1 fully saturated rings. The van der Waals surface area contributed by atoms with Crippen molar-refractivity contribution in [1.29, 1.82) is 0 Å². The van der Waals surface area contributed by atoms with Crippen molar-refractivity contribution in [1.82, 2.24) is 9.62 Å². The lowest BCUT2D eigenvalue weighted by Crippen LogP contribution is -2.41. The molecule has 29 heavy (non-hydrogen) atoms. The molecule has 2 N–H and O–H groups in total. The van der Waals surface area contributed by atoms with Gasteiger partial charge in [-0.25, -0.2) is 17.9 Å². The first-order valence-electron chi connectivity index (χ1n) is 11.2. The van der Waals surface area contributed by atoms with Crippen molar-refractivity contribution in [2.75, 3.05) is 30.7 Å². The predicted molar refractivity (Wildman–Crippen MR) is 116 cm³/mol. The summed E-state index contributed by atoms with van der Waals surface area (Å²) in [5.74, 6) is 0.157. The van der Waals surface area contributed by atoms with Crippen LogP contribution in [0.15, 0.2) is 6.07 Å². The number of amides is 2. The molecule has 0 saturated carbocycles. The predicted octanol–water partition coefficient (Wildman–Crippen LogP) is 3.24. The lowest BCUT2D eigenvalue weighted by atomic mass is 9.99. The second kappa shape index (κ2) is 8.64. The summed E-state index contributed by atoms with van der Waals surface area (Å²) in [5, 5.41) is 2.92. The van der Waals surface area contributed by atoms with E-state index in [0.717, 1.165) is 83.1 Å². The molecular weight excluding hydrogens is 386 g/mol. The van der Waals surface area contributed by atoms with Gasteiger partial charge in [0.25, 0.3) is 0 Å². The smallest absolute Gasteiger partial charge is 0.307 e. The van der Waals surface area contributed by atoms with Gasteiger partial charge in [0.05, 0.1) is 5.75 Å². The number of urea groups is 1. The average Bonchev–Trinajstić information content (AvgIpc) is 3.31. The molecule has 0 bridgehead atoms. The van der Waals surface area contributed by atoms with E-state index in [4.69, 9.17) is 0 Å². The number of carbonyl (C=O) groups excluding carboxylic acids is 1. The van der Waals surface area contributed by atoms with Crippen LogP contribution in [-0.2, 0) is 35.7 Å². The van der Waals surface area contributed by atoms with Crippen LogP contribution in [-0.4, -0.2) is 44.7 Å². The van der Waals surface area contributed by atoms with Crippen LogP contribution in [0.25, 0.3) is 0 Å². The fourth-order valence-electron chi connectivity index (χ4n) is 5.29. The molecule has 2 aliphatic carbocycles. The summed E-state index contributed by atoms with van der Waals surface area (Å²) in [6.07, 6.45) is 9.10. The molecule has 0 unspecified atom stereocenters. The van der Waals surface area contributed by atoms with Crippen molar-refractivity contribution >= 4 is 21.7 Å². The molecule has 0 radical (unpaired) electrons. The SMILES string of the molecule is CCCN1CCC(CS(=O)(=O)NC(=O)Nc2c3c(cc4c2CCC4)CCC3)CC1. The lowest BCUT2D eigenvalue weighted by Gasteiger charge is -2.31. The molecule has 3 aliphatic rings. The zero-order valence-electron chi connectivity index (χ0n) is 17.4. The Morgan fingerprint density at radius 3 is 2.28 bits per heavy atom. The topological polar surface area (TPSA) is 78.5 Å². The number of fused-ring (bicyclic) bond motifs is 2. The van der Waals surface area contributed by atoms with E-state index in [0.29, 0.717) is 0 Å². The largest absolute Gasteiger partial charge is 0.332 e. The second-order valence-corrected chi connectivity index (χ2v) is 10.6. The van der Waals surface area contributed by atoms with Crippen molar-refractivity contribution in [2.45, 2.75) is 64.7 Å². The molecule has 4 rings (SSSR count). The van der Waals surface area contributed by atoms with Crippen LogP contribution in [0.1, 0.15) is 61.3 Å². The molecule has 0 aromatic heterocycles. The number of piperidine rings is 1. The van der Waals surface area contributed by atoms with E-state index >= 15 is 0 Å². The van der Waals surface area contributed by atoms with Crippen LogP contribution in [0, 0.1) is 5.92 Å². The number of hydrogen-bond acceptors (Lipinski definition) is 4. The maximum Gasteiger partial charge on any atom is 0.332 e. The third-order valence-electron chi connectivity index (χ3n) is 6.66. The summed E-state index contributed by atoms with van der Waals surface area (Å²) in [6, 6.07) is 1.69. The number of likely N-dealkylation sites (tertiary alicyclic amines) is 1. The second-order valence-electron chi connectivity index (χ2n) is 8.86. The van der Waals surface area contributed by atoms with Crippen LogP contribution >= 0.6 is 0 Å². The molecule has 0 atom stereocenters. The zero-order valence-corrected chi connectivity index (χ0v) is 18.2. The Labute approximate surface area is 174 Å². The lowest BCUT2D eigenvalue weighted by molar-refractivity contribution is 0.193. The van der Waals surface area contributed by atoms with E-state index in [1.165, 1.54) is 22.3 Å².